The van der Waals surface area contributed by atoms with Crippen molar-refractivity contribution in [1.29, 1.82) is 0 Å². The highest BCUT2D eigenvalue weighted by Crippen LogP contribution is 1.29. The van der Waals surface area contributed by atoms with Gasteiger partial charge in [0.2, 0.25) is 0 Å². The van der Waals surface area contributed by atoms with Crippen LogP contribution in [0.3, 0.4) is 0 Å². The Labute approximate surface area is 40.4 Å². The zero-order valence-electron chi connectivity index (χ0n) is 1.72. The summed E-state index contributed by atoms with van der Waals surface area (Å²) in [4.78, 5) is 1.50. The van der Waals surface area contributed by atoms with E-state index in [1.807, 2.05) is 0 Å². The van der Waals surface area contributed by atoms with Crippen molar-refractivity contribution in [3.63, 3.8) is 0 Å². The van der Waals surface area contributed by atoms with Gasteiger partial charge in [-0.25, -0.2) is 0 Å². The summed E-state index contributed by atoms with van der Waals surface area (Å²) in [6.45, 7) is 0. The molecule has 0 amide bonds. The fourth-order valence-corrected chi connectivity index (χ4v) is 0. The van der Waals surface area contributed by atoms with Crippen LogP contribution in [0.1, 0.15) is 0 Å². The Kier molecular flexibility index (Phi) is 26.2. The van der Waals surface area contributed by atoms with E-state index in [0.29, 0.717) is 0 Å². The SMILES string of the molecule is [I].[N-]=[N+]=[N-]. The lowest BCUT2D eigenvalue weighted by molar-refractivity contribution is 2.36. The Morgan fingerprint density at radius 3 is 1.25 bits per heavy atom. The standard InChI is InChI=1S/I.N3/c;1-3-2/q;-1. The summed E-state index contributed by atoms with van der Waals surface area (Å²) < 4.78 is 0. The van der Waals surface area contributed by atoms with Crippen molar-refractivity contribution in [2.75, 3.05) is 0 Å². The predicted molar refractivity (Wildman–Crippen MR) is 24.1 cm³/mol. The monoisotopic (exact) mass is 169 g/mol. The van der Waals surface area contributed by atoms with Crippen LogP contribution in [-0.4, -0.2) is 0 Å². The first-order valence-corrected chi connectivity index (χ1v) is 0.400. The van der Waals surface area contributed by atoms with Gasteiger partial charge in [-0.3, -0.25) is 4.91 Å². The van der Waals surface area contributed by atoms with Crippen LogP contribution in [0, 0.1) is 0 Å². The zero-order valence-corrected chi connectivity index (χ0v) is 3.88. The maximum absolute atomic E-state index is 6.75. The normalized spacial score (nSPS) is 2.00. The molecule has 1 radical (unpaired) electrons. The second kappa shape index (κ2) is 11.7. The Bertz CT molecular complexity index is 24.3. The number of rotatable bonds is 0. The molecule has 0 atom stereocenters. The number of halogens is 1. The first-order chi connectivity index (χ1) is 1.41. The maximum atomic E-state index is 6.75. The molecule has 0 fully saturated rings. The first-order valence-electron chi connectivity index (χ1n) is 0.400. The van der Waals surface area contributed by atoms with Crippen molar-refractivity contribution in [3.8, 4) is 0 Å². The molecule has 0 bridgehead atoms. The lowest BCUT2D eigenvalue weighted by Crippen LogP contribution is -0.711. The van der Waals surface area contributed by atoms with Gasteiger partial charge in [0.1, 0.15) is 0 Å². The van der Waals surface area contributed by atoms with Crippen LogP contribution in [0.15, 0.2) is 0 Å². The summed E-state index contributed by atoms with van der Waals surface area (Å²) in [6, 6.07) is 0. The summed E-state index contributed by atoms with van der Waals surface area (Å²) >= 11 is 0. The van der Waals surface area contributed by atoms with Crippen molar-refractivity contribution in [1.82, 2.24) is 0 Å². The minimum Gasteiger partial charge on any atom is -0.373 e. The van der Waals surface area contributed by atoms with Crippen LogP contribution in [-0.2, 0) is 0 Å². The van der Waals surface area contributed by atoms with Crippen molar-refractivity contribution in [3.05, 3.63) is 16.0 Å². The topological polar surface area (TPSA) is 58.7 Å². The van der Waals surface area contributed by atoms with Crippen LogP contribution >= 0.6 is 24.0 Å². The van der Waals surface area contributed by atoms with Crippen molar-refractivity contribution < 1.29 is 0 Å². The van der Waals surface area contributed by atoms with Crippen LogP contribution in [0.25, 0.3) is 16.0 Å². The molecule has 4 heteroatoms. The third kappa shape index (κ3) is 1380. The molecule has 0 aliphatic rings. The van der Waals surface area contributed by atoms with Crippen LogP contribution in [0.4, 0.5) is 0 Å². The van der Waals surface area contributed by atoms with Gasteiger partial charge in [-0.05, 0) is 0 Å². The molecular weight excluding hydrogens is 169 g/mol. The summed E-state index contributed by atoms with van der Waals surface area (Å²) in [7, 11) is 0. The lowest BCUT2D eigenvalue weighted by Gasteiger charge is -1.31. The Morgan fingerprint density at radius 2 is 1.25 bits per heavy atom. The minimum absolute atomic E-state index is 0. The van der Waals surface area contributed by atoms with E-state index in [4.69, 9.17) is 11.1 Å². The van der Waals surface area contributed by atoms with Gasteiger partial charge in [-0.15, -0.1) is 0 Å². The van der Waals surface area contributed by atoms with Gasteiger partial charge in [0.05, 0.1) is 0 Å². The Hall–Kier alpha value is 0.0400. The van der Waals surface area contributed by atoms with Crippen molar-refractivity contribution >= 4 is 24.0 Å². The molecule has 0 saturated carbocycles. The quantitative estimate of drug-likeness (QED) is 0.229. The average molecular weight is 169 g/mol. The molecule has 0 aromatic carbocycles. The Morgan fingerprint density at radius 1 is 1.25 bits per heavy atom. The van der Waals surface area contributed by atoms with E-state index >= 15 is 0 Å². The van der Waals surface area contributed by atoms with Crippen LogP contribution in [0.2, 0.25) is 0 Å². The smallest absolute Gasteiger partial charge is 0 e. The highest BCUT2D eigenvalue weighted by Gasteiger charge is 0.689. The number of nitrogens with zero attached hydrogens (tertiary/aromatic N) is 3. The van der Waals surface area contributed by atoms with E-state index in [-0.39, 0.29) is 24.0 Å². The molecular formula is IN3-. The molecule has 0 spiro atoms. The Balaban J connectivity index is 0. The average Bonchev–Trinajstić information content (AvgIpc) is 0.918. The fraction of sp³-hybridized carbons (Fsp3) is 0. The van der Waals surface area contributed by atoms with Crippen molar-refractivity contribution in [2.45, 2.75) is 0 Å². The third-order valence-corrected chi connectivity index (χ3v) is 0. The number of hydrogen-bond donors (Lipinski definition) is 0. The second-order valence-electron chi connectivity index (χ2n) is 0.0894. The van der Waals surface area contributed by atoms with Gasteiger partial charge in [0.15, 0.2) is 0 Å². The van der Waals surface area contributed by atoms with Gasteiger partial charge >= 0.3 is 0 Å². The molecule has 0 aromatic heterocycles. The minimum atomic E-state index is 0. The molecule has 0 heterocycles. The highest BCUT2D eigenvalue weighted by atomic mass is 127. The molecule has 0 aromatic rings. The highest BCUT2D eigenvalue weighted by molar-refractivity contribution is 14.0. The second-order valence-corrected chi connectivity index (χ2v) is 0.0894. The molecule has 0 rings (SSSR count). The largest absolute Gasteiger partial charge is 0.373 e. The zero-order chi connectivity index (χ0) is 2.71. The molecule has 0 aliphatic heterocycles. The first kappa shape index (κ1) is 8.97. The molecule has 0 aliphatic carbocycles. The lowest BCUT2D eigenvalue weighted by atomic mass is 13.0. The van der Waals surface area contributed by atoms with E-state index < -0.39 is 0 Å². The van der Waals surface area contributed by atoms with Gasteiger partial charge in [-0.1, -0.05) is 0 Å². The van der Waals surface area contributed by atoms with Gasteiger partial charge in [-0.2, -0.15) is 0 Å². The van der Waals surface area contributed by atoms with E-state index in [2.05, 4.69) is 0 Å². The number of hydrogen-bond acceptors (Lipinski definition) is 0. The van der Waals surface area contributed by atoms with Crippen LogP contribution < -0.4 is 0 Å². The van der Waals surface area contributed by atoms with E-state index in [0.717, 1.165) is 0 Å². The van der Waals surface area contributed by atoms with Gasteiger partial charge < -0.3 is 11.1 Å². The molecule has 0 saturated heterocycles. The molecule has 3 nitrogen and oxygen atoms in total. The van der Waals surface area contributed by atoms with E-state index in [1.54, 1.807) is 0 Å². The van der Waals surface area contributed by atoms with Gasteiger partial charge in [0, 0.05) is 24.0 Å². The predicted octanol–water partition coefficient (Wildman–Crippen LogP) is 1.75. The summed E-state index contributed by atoms with van der Waals surface area (Å²) in [6.07, 6.45) is 0. The van der Waals surface area contributed by atoms with Gasteiger partial charge in [0.25, 0.3) is 0 Å². The summed E-state index contributed by atoms with van der Waals surface area (Å²) in [5.41, 5.74) is 13.5. The van der Waals surface area contributed by atoms with Crippen LogP contribution in [0.5, 0.6) is 0 Å². The third-order valence-electron chi connectivity index (χ3n) is 0. The summed E-state index contributed by atoms with van der Waals surface area (Å²) in [5.74, 6) is 0. The maximum Gasteiger partial charge on any atom is 0 e. The molecule has 23 valence electrons. The van der Waals surface area contributed by atoms with E-state index in [1.165, 1.54) is 4.91 Å². The summed E-state index contributed by atoms with van der Waals surface area (Å²) in [5, 5.41) is 0. The van der Waals surface area contributed by atoms with E-state index in [9.17, 15) is 0 Å². The van der Waals surface area contributed by atoms with Crippen molar-refractivity contribution in [2.24, 2.45) is 0 Å². The molecule has 0 N–H and O–H groups in total. The molecule has 0 unspecified atom stereocenters. The fourth-order valence-electron chi connectivity index (χ4n) is 0. The molecule has 4 heavy (non-hydrogen) atoms.